The molecule has 0 aliphatic carbocycles. The molecule has 0 bridgehead atoms. The van der Waals surface area contributed by atoms with Gasteiger partial charge >= 0.3 is 0 Å². The predicted octanol–water partition coefficient (Wildman–Crippen LogP) is 1.94. The minimum Gasteiger partial charge on any atom is -0.393 e. The number of aliphatic hydroxyl groups excluding tert-OH is 1. The molecule has 2 unspecified atom stereocenters. The molecule has 0 saturated carbocycles. The minimum absolute atomic E-state index is 0.215. The normalized spacial score (nSPS) is 17.5. The summed E-state index contributed by atoms with van der Waals surface area (Å²) in [7, 11) is 0. The fourth-order valence-corrected chi connectivity index (χ4v) is 1.18. The summed E-state index contributed by atoms with van der Waals surface area (Å²) < 4.78 is 0. The van der Waals surface area contributed by atoms with Crippen LogP contribution in [0.2, 0.25) is 0 Å². The highest BCUT2D eigenvalue weighted by molar-refractivity contribution is 4.70. The Morgan fingerprint density at radius 2 is 1.83 bits per heavy atom. The molecule has 0 saturated heterocycles. The molecule has 0 aromatic rings. The van der Waals surface area contributed by atoms with Crippen LogP contribution in [0.25, 0.3) is 0 Å². The van der Waals surface area contributed by atoms with Crippen molar-refractivity contribution in [2.24, 2.45) is 5.92 Å². The summed E-state index contributed by atoms with van der Waals surface area (Å²) >= 11 is 0. The molecule has 2 atom stereocenters. The third kappa shape index (κ3) is 5.56. The van der Waals surface area contributed by atoms with Gasteiger partial charge in [-0.2, -0.15) is 0 Å². The van der Waals surface area contributed by atoms with Gasteiger partial charge in [-0.1, -0.05) is 13.8 Å². The van der Waals surface area contributed by atoms with E-state index in [0.717, 1.165) is 19.3 Å². The topological polar surface area (TPSA) is 40.5 Å². The van der Waals surface area contributed by atoms with Gasteiger partial charge in [0.15, 0.2) is 0 Å². The first-order valence-corrected chi connectivity index (χ1v) is 4.77. The predicted molar refractivity (Wildman–Crippen MR) is 51.0 cm³/mol. The van der Waals surface area contributed by atoms with Gasteiger partial charge in [-0.05, 0) is 39.0 Å². The smallest absolute Gasteiger partial charge is 0.0591 e. The summed E-state index contributed by atoms with van der Waals surface area (Å²) in [6.45, 7) is 7.61. The van der Waals surface area contributed by atoms with Gasteiger partial charge in [0.2, 0.25) is 0 Å². The molecule has 0 amide bonds. The zero-order valence-electron chi connectivity index (χ0n) is 8.67. The Labute approximate surface area is 75.6 Å². The molecule has 2 N–H and O–H groups in total. The third-order valence-electron chi connectivity index (χ3n) is 2.29. The molecule has 0 aliphatic heterocycles. The van der Waals surface area contributed by atoms with Gasteiger partial charge in [0.25, 0.3) is 0 Å². The van der Waals surface area contributed by atoms with Gasteiger partial charge in [0.05, 0.1) is 11.7 Å². The highest BCUT2D eigenvalue weighted by Crippen LogP contribution is 2.19. The van der Waals surface area contributed by atoms with Crippen LogP contribution in [-0.4, -0.2) is 21.9 Å². The van der Waals surface area contributed by atoms with Crippen molar-refractivity contribution in [1.29, 1.82) is 0 Å². The van der Waals surface area contributed by atoms with Crippen LogP contribution in [0.3, 0.4) is 0 Å². The van der Waals surface area contributed by atoms with Crippen molar-refractivity contribution in [2.45, 2.75) is 58.7 Å². The van der Waals surface area contributed by atoms with Crippen molar-refractivity contribution in [2.75, 3.05) is 0 Å². The highest BCUT2D eigenvalue weighted by atomic mass is 16.3. The van der Waals surface area contributed by atoms with Crippen LogP contribution in [0, 0.1) is 5.92 Å². The van der Waals surface area contributed by atoms with E-state index in [1.807, 2.05) is 13.8 Å². The lowest BCUT2D eigenvalue weighted by Gasteiger charge is -2.22. The first-order valence-electron chi connectivity index (χ1n) is 4.77. The van der Waals surface area contributed by atoms with E-state index in [0.29, 0.717) is 5.92 Å². The lowest BCUT2D eigenvalue weighted by molar-refractivity contribution is 0.0470. The molecule has 0 fully saturated rings. The van der Waals surface area contributed by atoms with Crippen LogP contribution in [0.5, 0.6) is 0 Å². The number of aliphatic hydroxyl groups is 2. The van der Waals surface area contributed by atoms with Crippen LogP contribution in [0.1, 0.15) is 47.0 Å². The molecule has 0 aromatic carbocycles. The van der Waals surface area contributed by atoms with Gasteiger partial charge in [-0.3, -0.25) is 0 Å². The molecule has 0 aromatic heterocycles. The van der Waals surface area contributed by atoms with Crippen LogP contribution < -0.4 is 0 Å². The van der Waals surface area contributed by atoms with E-state index in [9.17, 15) is 10.2 Å². The van der Waals surface area contributed by atoms with Crippen molar-refractivity contribution < 1.29 is 10.2 Å². The molecule has 0 radical (unpaired) electrons. The average molecular weight is 174 g/mol. The fourth-order valence-electron chi connectivity index (χ4n) is 1.18. The highest BCUT2D eigenvalue weighted by Gasteiger charge is 2.17. The van der Waals surface area contributed by atoms with Crippen LogP contribution in [0.15, 0.2) is 0 Å². The Morgan fingerprint density at radius 3 is 2.17 bits per heavy atom. The first kappa shape index (κ1) is 11.9. The second kappa shape index (κ2) is 4.83. The van der Waals surface area contributed by atoms with Crippen LogP contribution in [-0.2, 0) is 0 Å². The maximum atomic E-state index is 9.44. The van der Waals surface area contributed by atoms with Gasteiger partial charge in [0.1, 0.15) is 0 Å². The summed E-state index contributed by atoms with van der Waals surface area (Å²) in [5.41, 5.74) is -0.596. The van der Waals surface area contributed by atoms with E-state index in [4.69, 9.17) is 0 Å². The van der Waals surface area contributed by atoms with E-state index in [1.165, 1.54) is 0 Å². The minimum atomic E-state index is -0.596. The van der Waals surface area contributed by atoms with Crippen molar-refractivity contribution >= 4 is 0 Å². The molecular weight excluding hydrogens is 152 g/mol. The molecule has 74 valence electrons. The van der Waals surface area contributed by atoms with Crippen LogP contribution in [0.4, 0.5) is 0 Å². The van der Waals surface area contributed by atoms with E-state index in [-0.39, 0.29) is 6.10 Å². The largest absolute Gasteiger partial charge is 0.393 e. The maximum absolute atomic E-state index is 9.44. The molecule has 2 nitrogen and oxygen atoms in total. The van der Waals surface area contributed by atoms with Crippen molar-refractivity contribution in [1.82, 2.24) is 0 Å². The zero-order valence-corrected chi connectivity index (χ0v) is 8.67. The molecule has 0 rings (SSSR count). The van der Waals surface area contributed by atoms with E-state index in [1.54, 1.807) is 13.8 Å². The summed E-state index contributed by atoms with van der Waals surface area (Å²) in [5, 5.41) is 18.9. The molecular formula is C10H22O2. The fraction of sp³-hybridized carbons (Fsp3) is 1.00. The van der Waals surface area contributed by atoms with E-state index >= 15 is 0 Å². The van der Waals surface area contributed by atoms with Gasteiger partial charge in [-0.15, -0.1) is 0 Å². The molecule has 2 heteroatoms. The lowest BCUT2D eigenvalue weighted by Crippen LogP contribution is -2.23. The van der Waals surface area contributed by atoms with Gasteiger partial charge < -0.3 is 10.2 Å². The van der Waals surface area contributed by atoms with Crippen molar-refractivity contribution in [3.05, 3.63) is 0 Å². The van der Waals surface area contributed by atoms with Gasteiger partial charge in [-0.25, -0.2) is 0 Å². The molecule has 0 heterocycles. The SMILES string of the molecule is CCC(O)C(C)CCC(C)(C)O. The summed E-state index contributed by atoms with van der Waals surface area (Å²) in [6, 6.07) is 0. The molecule has 0 aliphatic rings. The molecule has 0 spiro atoms. The Hall–Kier alpha value is -0.0800. The first-order chi connectivity index (χ1) is 5.37. The number of rotatable bonds is 5. The Kier molecular flexibility index (Phi) is 4.80. The summed E-state index contributed by atoms with van der Waals surface area (Å²) in [5.74, 6) is 0.293. The Balaban J connectivity index is 3.64. The quantitative estimate of drug-likeness (QED) is 0.668. The standard InChI is InChI=1S/C10H22O2/c1-5-9(11)8(2)6-7-10(3,4)12/h8-9,11-12H,5-7H2,1-4H3. The second-order valence-corrected chi connectivity index (χ2v) is 4.30. The van der Waals surface area contributed by atoms with E-state index < -0.39 is 5.60 Å². The average Bonchev–Trinajstić information content (AvgIpc) is 1.97. The zero-order chi connectivity index (χ0) is 9.78. The third-order valence-corrected chi connectivity index (χ3v) is 2.29. The number of hydrogen-bond acceptors (Lipinski definition) is 2. The maximum Gasteiger partial charge on any atom is 0.0591 e. The Morgan fingerprint density at radius 1 is 1.33 bits per heavy atom. The Bertz CT molecular complexity index is 115. The monoisotopic (exact) mass is 174 g/mol. The van der Waals surface area contributed by atoms with Crippen molar-refractivity contribution in [3.8, 4) is 0 Å². The van der Waals surface area contributed by atoms with Crippen molar-refractivity contribution in [3.63, 3.8) is 0 Å². The lowest BCUT2D eigenvalue weighted by atomic mass is 9.92. The summed E-state index contributed by atoms with van der Waals surface area (Å²) in [6.07, 6.45) is 2.23. The van der Waals surface area contributed by atoms with Gasteiger partial charge in [0, 0.05) is 0 Å². The number of hydrogen-bond donors (Lipinski definition) is 2. The summed E-state index contributed by atoms with van der Waals surface area (Å²) in [4.78, 5) is 0. The molecule has 12 heavy (non-hydrogen) atoms. The van der Waals surface area contributed by atoms with E-state index in [2.05, 4.69) is 0 Å². The van der Waals surface area contributed by atoms with Crippen LogP contribution >= 0.6 is 0 Å². The second-order valence-electron chi connectivity index (χ2n) is 4.30.